The lowest BCUT2D eigenvalue weighted by Crippen LogP contribution is -2.34. The van der Waals surface area contributed by atoms with E-state index in [1.165, 1.54) is 10.5 Å². The first-order chi connectivity index (χ1) is 9.75. The third-order valence-corrected chi connectivity index (χ3v) is 5.03. The highest BCUT2D eigenvalue weighted by atomic mass is 16.2. The lowest BCUT2D eigenvalue weighted by atomic mass is 9.85. The number of amides is 2. The molecule has 2 fully saturated rings. The van der Waals surface area contributed by atoms with Gasteiger partial charge in [-0.05, 0) is 30.2 Å². The van der Waals surface area contributed by atoms with Gasteiger partial charge in [0.1, 0.15) is 0 Å². The van der Waals surface area contributed by atoms with Gasteiger partial charge in [-0.15, -0.1) is 0 Å². The lowest BCUT2D eigenvalue weighted by Gasteiger charge is -2.17. The molecular weight excluding hydrogens is 250 g/mol. The molecule has 3 nitrogen and oxygen atoms in total. The predicted octanol–water partition coefficient (Wildman–Crippen LogP) is 2.04. The van der Waals surface area contributed by atoms with Gasteiger partial charge in [0.2, 0.25) is 11.8 Å². The van der Waals surface area contributed by atoms with E-state index in [0.717, 1.165) is 12.8 Å². The second-order valence-electron chi connectivity index (χ2n) is 6.06. The van der Waals surface area contributed by atoms with Crippen LogP contribution in [0, 0.1) is 23.7 Å². The van der Waals surface area contributed by atoms with Crippen LogP contribution in [0.4, 0.5) is 0 Å². The summed E-state index contributed by atoms with van der Waals surface area (Å²) in [4.78, 5) is 26.5. The van der Waals surface area contributed by atoms with Crippen molar-refractivity contribution < 1.29 is 9.59 Å². The van der Waals surface area contributed by atoms with Gasteiger partial charge in [-0.3, -0.25) is 14.5 Å². The number of imide groups is 1. The minimum atomic E-state index is -0.0618. The predicted molar refractivity (Wildman–Crippen MR) is 74.6 cm³/mol. The van der Waals surface area contributed by atoms with E-state index in [4.69, 9.17) is 0 Å². The lowest BCUT2D eigenvalue weighted by molar-refractivity contribution is -0.140. The molecule has 0 spiro atoms. The van der Waals surface area contributed by atoms with Crippen molar-refractivity contribution in [3.8, 4) is 0 Å². The van der Waals surface area contributed by atoms with Crippen LogP contribution >= 0.6 is 0 Å². The van der Waals surface area contributed by atoms with Gasteiger partial charge in [-0.25, -0.2) is 0 Å². The van der Waals surface area contributed by atoms with Crippen LogP contribution in [0.25, 0.3) is 0 Å². The van der Waals surface area contributed by atoms with Gasteiger partial charge in [-0.1, -0.05) is 42.5 Å². The van der Waals surface area contributed by atoms with Crippen LogP contribution in [0.3, 0.4) is 0 Å². The molecule has 2 bridgehead atoms. The molecule has 1 aromatic carbocycles. The number of nitrogens with zero attached hydrogens (tertiary/aromatic N) is 1. The van der Waals surface area contributed by atoms with Crippen molar-refractivity contribution in [1.82, 2.24) is 4.90 Å². The van der Waals surface area contributed by atoms with Crippen LogP contribution < -0.4 is 0 Å². The van der Waals surface area contributed by atoms with Crippen LogP contribution in [0.15, 0.2) is 42.5 Å². The second kappa shape index (κ2) is 4.30. The minimum Gasteiger partial charge on any atom is -0.282 e. The normalized spacial score (nSPS) is 34.1. The van der Waals surface area contributed by atoms with Crippen molar-refractivity contribution >= 4 is 11.8 Å². The third kappa shape index (κ3) is 1.59. The molecule has 0 unspecified atom stereocenters. The summed E-state index contributed by atoms with van der Waals surface area (Å²) in [5, 5.41) is 0. The second-order valence-corrected chi connectivity index (χ2v) is 6.06. The molecule has 0 N–H and O–H groups in total. The zero-order chi connectivity index (χ0) is 13.7. The molecule has 0 aromatic heterocycles. The number of hydrogen-bond acceptors (Lipinski definition) is 2. The van der Waals surface area contributed by atoms with Crippen LogP contribution in [0.1, 0.15) is 12.0 Å². The van der Waals surface area contributed by atoms with Gasteiger partial charge in [0, 0.05) is 6.54 Å². The van der Waals surface area contributed by atoms with E-state index in [-0.39, 0.29) is 23.7 Å². The number of rotatable bonds is 3. The quantitative estimate of drug-likeness (QED) is 0.621. The molecule has 2 aliphatic carbocycles. The summed E-state index contributed by atoms with van der Waals surface area (Å²) in [6.07, 6.45) is 6.02. The molecule has 0 radical (unpaired) electrons. The molecule has 102 valence electrons. The molecule has 20 heavy (non-hydrogen) atoms. The van der Waals surface area contributed by atoms with Gasteiger partial charge < -0.3 is 0 Å². The number of hydrogen-bond donors (Lipinski definition) is 0. The SMILES string of the molecule is O=C1[C@@H]2[C@H](C(=O)N1CCc1ccccc1)[C@@H]1C=C[C@H]2C1. The van der Waals surface area contributed by atoms with Crippen molar-refractivity contribution in [2.24, 2.45) is 23.7 Å². The van der Waals surface area contributed by atoms with Gasteiger partial charge in [0.05, 0.1) is 11.8 Å². The Morgan fingerprint density at radius 2 is 1.55 bits per heavy atom. The molecule has 4 atom stereocenters. The molecule has 3 heteroatoms. The maximum Gasteiger partial charge on any atom is 0.233 e. The van der Waals surface area contributed by atoms with Crippen molar-refractivity contribution in [3.05, 3.63) is 48.0 Å². The molecule has 1 saturated heterocycles. The Hall–Kier alpha value is -1.90. The van der Waals surface area contributed by atoms with Crippen molar-refractivity contribution in [3.63, 3.8) is 0 Å². The van der Waals surface area contributed by atoms with E-state index in [1.54, 1.807) is 0 Å². The Balaban J connectivity index is 1.51. The van der Waals surface area contributed by atoms with Gasteiger partial charge in [0.15, 0.2) is 0 Å². The average molecular weight is 267 g/mol. The summed E-state index contributed by atoms with van der Waals surface area (Å²) in [6.45, 7) is 0.522. The molecule has 1 aliphatic heterocycles. The zero-order valence-electron chi connectivity index (χ0n) is 11.2. The molecule has 1 saturated carbocycles. The van der Waals surface area contributed by atoms with Crippen molar-refractivity contribution in [1.29, 1.82) is 0 Å². The van der Waals surface area contributed by atoms with E-state index in [1.807, 2.05) is 30.3 Å². The highest BCUT2D eigenvalue weighted by Gasteiger charge is 2.58. The summed E-state index contributed by atoms with van der Waals surface area (Å²) in [7, 11) is 0. The standard InChI is InChI=1S/C17H17NO2/c19-16-14-12-6-7-13(10-12)15(14)17(20)18(16)9-8-11-4-2-1-3-5-11/h1-7,12-15H,8-10H2/t12-,13+,14-,15+. The highest BCUT2D eigenvalue weighted by molar-refractivity contribution is 6.06. The number of allylic oxidation sites excluding steroid dienone is 2. The van der Waals surface area contributed by atoms with Crippen molar-refractivity contribution in [2.75, 3.05) is 6.54 Å². The molecule has 3 aliphatic rings. The zero-order valence-corrected chi connectivity index (χ0v) is 11.2. The third-order valence-electron chi connectivity index (χ3n) is 5.03. The number of carbonyl (C=O) groups excluding carboxylic acids is 2. The van der Waals surface area contributed by atoms with Crippen molar-refractivity contribution in [2.45, 2.75) is 12.8 Å². The fraction of sp³-hybridized carbons (Fsp3) is 0.412. The van der Waals surface area contributed by atoms with Gasteiger partial charge in [0.25, 0.3) is 0 Å². The van der Waals surface area contributed by atoms with Crippen LogP contribution in [0.5, 0.6) is 0 Å². The Labute approximate surface area is 118 Å². The van der Waals surface area contributed by atoms with E-state index in [2.05, 4.69) is 12.2 Å². The molecule has 2 amide bonds. The molecule has 4 rings (SSSR count). The fourth-order valence-corrected chi connectivity index (χ4v) is 4.07. The minimum absolute atomic E-state index is 0.0618. The highest BCUT2D eigenvalue weighted by Crippen LogP contribution is 2.52. The Morgan fingerprint density at radius 3 is 2.15 bits per heavy atom. The fourth-order valence-electron chi connectivity index (χ4n) is 4.07. The number of likely N-dealkylation sites (tertiary alicyclic amines) is 1. The first-order valence-corrected chi connectivity index (χ1v) is 7.33. The Morgan fingerprint density at radius 1 is 0.950 bits per heavy atom. The van der Waals surface area contributed by atoms with E-state index < -0.39 is 0 Å². The molecule has 1 heterocycles. The van der Waals surface area contributed by atoms with Crippen LogP contribution in [0.2, 0.25) is 0 Å². The summed E-state index contributed by atoms with van der Waals surface area (Å²) < 4.78 is 0. The molecular formula is C17H17NO2. The number of carbonyl (C=O) groups is 2. The van der Waals surface area contributed by atoms with Crippen LogP contribution in [-0.4, -0.2) is 23.3 Å². The monoisotopic (exact) mass is 267 g/mol. The largest absolute Gasteiger partial charge is 0.282 e. The van der Waals surface area contributed by atoms with Crippen LogP contribution in [-0.2, 0) is 16.0 Å². The average Bonchev–Trinajstić information content (AvgIpc) is 3.13. The van der Waals surface area contributed by atoms with E-state index in [0.29, 0.717) is 18.4 Å². The number of benzene rings is 1. The van der Waals surface area contributed by atoms with Gasteiger partial charge >= 0.3 is 0 Å². The summed E-state index contributed by atoms with van der Waals surface area (Å²) in [5.41, 5.74) is 1.17. The van der Waals surface area contributed by atoms with Gasteiger partial charge in [-0.2, -0.15) is 0 Å². The van der Waals surface area contributed by atoms with E-state index in [9.17, 15) is 9.59 Å². The maximum absolute atomic E-state index is 12.5. The first-order valence-electron chi connectivity index (χ1n) is 7.33. The molecule has 1 aromatic rings. The topological polar surface area (TPSA) is 37.4 Å². The maximum atomic E-state index is 12.5. The summed E-state index contributed by atoms with van der Waals surface area (Å²) in [5.74, 6) is 0.619. The Bertz CT molecular complexity index is 562. The summed E-state index contributed by atoms with van der Waals surface area (Å²) >= 11 is 0. The summed E-state index contributed by atoms with van der Waals surface area (Å²) in [6, 6.07) is 10.0. The number of fused-ring (bicyclic) bond motifs is 5. The van der Waals surface area contributed by atoms with E-state index >= 15 is 0 Å². The smallest absolute Gasteiger partial charge is 0.233 e. The Kier molecular flexibility index (Phi) is 2.56. The first kappa shape index (κ1) is 11.9.